The van der Waals surface area contributed by atoms with Crippen molar-refractivity contribution in [2.75, 3.05) is 31.1 Å². The van der Waals surface area contributed by atoms with Crippen molar-refractivity contribution in [2.45, 2.75) is 19.6 Å². The Balaban J connectivity index is 1.62. The molecule has 0 atom stereocenters. The fourth-order valence-corrected chi connectivity index (χ4v) is 2.84. The lowest BCUT2D eigenvalue weighted by atomic mass is 10.1. The Morgan fingerprint density at radius 2 is 1.75 bits per heavy atom. The molecular weight excluding hydrogens is 317 g/mol. The molecule has 1 aliphatic heterocycles. The van der Waals surface area contributed by atoms with E-state index in [1.807, 2.05) is 17.0 Å². The summed E-state index contributed by atoms with van der Waals surface area (Å²) >= 11 is 0. The molecule has 2 heterocycles. The van der Waals surface area contributed by atoms with Crippen LogP contribution in [0.25, 0.3) is 0 Å². The number of rotatable bonds is 3. The summed E-state index contributed by atoms with van der Waals surface area (Å²) in [7, 11) is 0. The number of nitrogens with zero attached hydrogens (tertiary/aromatic N) is 4. The average Bonchev–Trinajstić information content (AvgIpc) is 2.57. The van der Waals surface area contributed by atoms with Gasteiger partial charge >= 0.3 is 6.18 Å². The number of benzene rings is 1. The molecule has 0 radical (unpaired) electrons. The number of halogens is 3. The highest BCUT2D eigenvalue weighted by Gasteiger charge is 2.33. The number of hydrogen-bond acceptors (Lipinski definition) is 4. The highest BCUT2D eigenvalue weighted by molar-refractivity contribution is 5.40. The Morgan fingerprint density at radius 3 is 2.42 bits per heavy atom. The number of aryl methyl sites for hydroxylation is 1. The molecule has 0 aliphatic carbocycles. The van der Waals surface area contributed by atoms with Gasteiger partial charge in [0.05, 0.1) is 0 Å². The van der Waals surface area contributed by atoms with Crippen LogP contribution >= 0.6 is 0 Å². The molecule has 4 nitrogen and oxygen atoms in total. The summed E-state index contributed by atoms with van der Waals surface area (Å²) in [6.07, 6.45) is -3.46. The minimum Gasteiger partial charge on any atom is -0.354 e. The third-order valence-electron chi connectivity index (χ3n) is 4.29. The molecule has 7 heteroatoms. The molecule has 1 saturated heterocycles. The smallest absolute Gasteiger partial charge is 0.354 e. The molecule has 24 heavy (non-hydrogen) atoms. The average molecular weight is 336 g/mol. The fraction of sp³-hybridized carbons (Fsp3) is 0.412. The van der Waals surface area contributed by atoms with E-state index in [0.29, 0.717) is 18.9 Å². The zero-order valence-electron chi connectivity index (χ0n) is 13.4. The molecule has 0 unspecified atom stereocenters. The van der Waals surface area contributed by atoms with E-state index in [0.717, 1.165) is 32.0 Å². The molecule has 0 bridgehead atoms. The Morgan fingerprint density at radius 1 is 1.04 bits per heavy atom. The quantitative estimate of drug-likeness (QED) is 0.862. The van der Waals surface area contributed by atoms with Gasteiger partial charge in [0, 0.05) is 38.8 Å². The Bertz CT molecular complexity index is 694. The highest BCUT2D eigenvalue weighted by atomic mass is 19.4. The van der Waals surface area contributed by atoms with Crippen molar-refractivity contribution in [3.63, 3.8) is 0 Å². The van der Waals surface area contributed by atoms with Gasteiger partial charge in [-0.25, -0.2) is 9.97 Å². The molecule has 0 amide bonds. The first-order valence-electron chi connectivity index (χ1n) is 7.84. The monoisotopic (exact) mass is 336 g/mol. The van der Waals surface area contributed by atoms with E-state index in [1.54, 1.807) is 0 Å². The van der Waals surface area contributed by atoms with Crippen molar-refractivity contribution in [1.29, 1.82) is 0 Å². The van der Waals surface area contributed by atoms with E-state index >= 15 is 0 Å². The van der Waals surface area contributed by atoms with Crippen LogP contribution in [-0.2, 0) is 12.7 Å². The Labute approximate surface area is 138 Å². The van der Waals surface area contributed by atoms with Gasteiger partial charge in [0.1, 0.15) is 17.8 Å². The zero-order chi connectivity index (χ0) is 17.2. The number of piperazine rings is 1. The van der Waals surface area contributed by atoms with E-state index in [9.17, 15) is 13.2 Å². The van der Waals surface area contributed by atoms with Crippen LogP contribution in [0.2, 0.25) is 0 Å². The Kier molecular flexibility index (Phi) is 4.71. The molecule has 128 valence electrons. The van der Waals surface area contributed by atoms with Crippen molar-refractivity contribution in [3.05, 3.63) is 53.5 Å². The van der Waals surface area contributed by atoms with Gasteiger partial charge in [-0.1, -0.05) is 24.3 Å². The molecule has 2 aromatic rings. The highest BCUT2D eigenvalue weighted by Crippen LogP contribution is 2.29. The summed E-state index contributed by atoms with van der Waals surface area (Å²) in [5, 5.41) is 0. The van der Waals surface area contributed by atoms with Gasteiger partial charge in [-0.15, -0.1) is 0 Å². The van der Waals surface area contributed by atoms with Crippen LogP contribution in [0.4, 0.5) is 19.0 Å². The predicted molar refractivity (Wildman–Crippen MR) is 85.7 cm³/mol. The number of anilines is 1. The van der Waals surface area contributed by atoms with E-state index in [1.165, 1.54) is 11.1 Å². The van der Waals surface area contributed by atoms with E-state index < -0.39 is 11.9 Å². The number of alkyl halides is 3. The van der Waals surface area contributed by atoms with Gasteiger partial charge < -0.3 is 4.90 Å². The van der Waals surface area contributed by atoms with Crippen molar-refractivity contribution in [1.82, 2.24) is 14.9 Å². The van der Waals surface area contributed by atoms with Gasteiger partial charge in [-0.2, -0.15) is 13.2 Å². The van der Waals surface area contributed by atoms with E-state index in [-0.39, 0.29) is 0 Å². The van der Waals surface area contributed by atoms with Crippen LogP contribution in [0.15, 0.2) is 36.7 Å². The zero-order valence-corrected chi connectivity index (χ0v) is 13.4. The predicted octanol–water partition coefficient (Wildman–Crippen LogP) is 3.13. The maximum atomic E-state index is 12.8. The third kappa shape index (κ3) is 3.84. The first kappa shape index (κ1) is 16.7. The first-order chi connectivity index (χ1) is 11.4. The van der Waals surface area contributed by atoms with Crippen molar-refractivity contribution >= 4 is 5.82 Å². The summed E-state index contributed by atoms with van der Waals surface area (Å²) in [6, 6.07) is 9.27. The van der Waals surface area contributed by atoms with Crippen molar-refractivity contribution < 1.29 is 13.2 Å². The number of hydrogen-bond donors (Lipinski definition) is 0. The van der Waals surface area contributed by atoms with Crippen molar-refractivity contribution in [3.8, 4) is 0 Å². The minimum atomic E-state index is -4.44. The standard InChI is InChI=1S/C17H19F3N4/c1-13-4-2-3-5-14(13)11-23-6-8-24(9-7-23)16-10-15(17(18,19)20)21-12-22-16/h2-5,10,12H,6-9,11H2,1H3. The van der Waals surface area contributed by atoms with E-state index in [4.69, 9.17) is 0 Å². The maximum absolute atomic E-state index is 12.8. The first-order valence-corrected chi connectivity index (χ1v) is 7.84. The second kappa shape index (κ2) is 6.76. The van der Waals surface area contributed by atoms with Gasteiger partial charge in [0.15, 0.2) is 0 Å². The minimum absolute atomic E-state index is 0.341. The molecule has 1 fully saturated rings. The van der Waals surface area contributed by atoms with Crippen LogP contribution in [-0.4, -0.2) is 41.0 Å². The largest absolute Gasteiger partial charge is 0.433 e. The molecule has 0 spiro atoms. The lowest BCUT2D eigenvalue weighted by Gasteiger charge is -2.35. The van der Waals surface area contributed by atoms with Gasteiger partial charge in [-0.3, -0.25) is 4.90 Å². The normalized spacial score (nSPS) is 16.4. The molecule has 0 N–H and O–H groups in total. The second-order valence-electron chi connectivity index (χ2n) is 5.95. The topological polar surface area (TPSA) is 32.3 Å². The maximum Gasteiger partial charge on any atom is 0.433 e. The summed E-state index contributed by atoms with van der Waals surface area (Å²) in [6.45, 7) is 5.84. The van der Waals surface area contributed by atoms with Crippen molar-refractivity contribution in [2.24, 2.45) is 0 Å². The van der Waals surface area contributed by atoms with E-state index in [2.05, 4.69) is 33.9 Å². The van der Waals surface area contributed by atoms with Gasteiger partial charge in [0.2, 0.25) is 0 Å². The van der Waals surface area contributed by atoms with Crippen LogP contribution in [0.5, 0.6) is 0 Å². The molecule has 1 aliphatic rings. The summed E-state index contributed by atoms with van der Waals surface area (Å²) < 4.78 is 38.3. The lowest BCUT2D eigenvalue weighted by Crippen LogP contribution is -2.46. The SMILES string of the molecule is Cc1ccccc1CN1CCN(c2cc(C(F)(F)F)ncn2)CC1. The number of aromatic nitrogens is 2. The third-order valence-corrected chi connectivity index (χ3v) is 4.29. The van der Waals surface area contributed by atoms with Crippen LogP contribution in [0.3, 0.4) is 0 Å². The van der Waals surface area contributed by atoms with Crippen LogP contribution in [0.1, 0.15) is 16.8 Å². The molecule has 1 aromatic heterocycles. The summed E-state index contributed by atoms with van der Waals surface area (Å²) in [5.41, 5.74) is 1.65. The van der Waals surface area contributed by atoms with Crippen LogP contribution < -0.4 is 4.90 Å². The summed E-state index contributed by atoms with van der Waals surface area (Å²) in [4.78, 5) is 11.5. The van der Waals surface area contributed by atoms with Gasteiger partial charge in [0.25, 0.3) is 0 Å². The summed E-state index contributed by atoms with van der Waals surface area (Å²) in [5.74, 6) is 0.341. The van der Waals surface area contributed by atoms with Gasteiger partial charge in [-0.05, 0) is 18.1 Å². The molecule has 0 saturated carbocycles. The molecule has 3 rings (SSSR count). The fourth-order valence-electron chi connectivity index (χ4n) is 2.84. The lowest BCUT2D eigenvalue weighted by molar-refractivity contribution is -0.141. The molecular formula is C17H19F3N4. The second-order valence-corrected chi connectivity index (χ2v) is 5.95. The van der Waals surface area contributed by atoms with Crippen LogP contribution in [0, 0.1) is 6.92 Å². The Hall–Kier alpha value is -2.15. The molecule has 1 aromatic carbocycles.